The van der Waals surface area contributed by atoms with Crippen molar-refractivity contribution in [2.75, 3.05) is 0 Å². The van der Waals surface area contributed by atoms with Gasteiger partial charge in [-0.05, 0) is 55.1 Å². The number of nitrogens with zero attached hydrogens (tertiary/aromatic N) is 3. The summed E-state index contributed by atoms with van der Waals surface area (Å²) >= 11 is 0. The molecule has 0 saturated heterocycles. The number of hydrogen-bond acceptors (Lipinski definition) is 6. The Labute approximate surface area is 234 Å². The molecule has 6 nitrogen and oxygen atoms in total. The summed E-state index contributed by atoms with van der Waals surface area (Å²) in [7, 11) is 0. The number of rotatable bonds is 0. The molecule has 0 fully saturated rings. The van der Waals surface area contributed by atoms with E-state index in [2.05, 4.69) is 15.0 Å². The number of aromatic nitrogens is 3. The molecule has 0 bridgehead atoms. The Morgan fingerprint density at radius 3 is 0.946 bits per heavy atom. The molecule has 3 heterocycles. The molecule has 0 atom stereocenters. The fourth-order valence-corrected chi connectivity index (χ4v) is 3.65. The Hall–Kier alpha value is -3.84. The number of aryl methyl sites for hydroxylation is 3. The third kappa shape index (κ3) is 6.89. The fraction of sp³-hybridized carbons (Fsp3) is 0.100. The zero-order valence-corrected chi connectivity index (χ0v) is 24.1. The number of hydrogen-bond donors (Lipinski definition) is 0. The second-order valence-corrected chi connectivity index (χ2v) is 8.34. The third-order valence-corrected chi connectivity index (χ3v) is 5.47. The summed E-state index contributed by atoms with van der Waals surface area (Å²) in [4.78, 5) is 12.5. The van der Waals surface area contributed by atoms with E-state index < -0.39 is 0 Å². The standard InChI is InChI=1S/3C10H9NO.In/c3*1-7-5-6-8-3-2-4-9(12)10(8)11-7;/h3*2-6,12H,1H3;/q;;;+3/p-3. The van der Waals surface area contributed by atoms with Gasteiger partial charge in [0.2, 0.25) is 0 Å². The molecule has 0 unspecified atom stereocenters. The molecule has 0 aliphatic heterocycles. The minimum Gasteiger partial charge on any atom is -0.871 e. The number of pyridine rings is 3. The Morgan fingerprint density at radius 1 is 0.405 bits per heavy atom. The Morgan fingerprint density at radius 2 is 0.676 bits per heavy atom. The minimum absolute atomic E-state index is 0. The van der Waals surface area contributed by atoms with E-state index in [1.807, 2.05) is 75.4 Å². The van der Waals surface area contributed by atoms with Crippen LogP contribution >= 0.6 is 0 Å². The van der Waals surface area contributed by atoms with E-state index >= 15 is 0 Å². The molecule has 0 aliphatic rings. The van der Waals surface area contributed by atoms with Gasteiger partial charge in [-0.15, -0.1) is 0 Å². The molecule has 0 radical (unpaired) electrons. The van der Waals surface area contributed by atoms with Gasteiger partial charge in [0, 0.05) is 17.1 Å². The Kier molecular flexibility index (Phi) is 9.31. The first-order valence-corrected chi connectivity index (χ1v) is 11.4. The summed E-state index contributed by atoms with van der Waals surface area (Å²) < 4.78 is 0. The first kappa shape index (κ1) is 27.7. The van der Waals surface area contributed by atoms with Gasteiger partial charge < -0.3 is 15.3 Å². The van der Waals surface area contributed by atoms with Crippen molar-refractivity contribution in [1.82, 2.24) is 15.0 Å². The van der Waals surface area contributed by atoms with Crippen molar-refractivity contribution in [3.05, 3.63) is 108 Å². The van der Waals surface area contributed by atoms with Gasteiger partial charge in [0.25, 0.3) is 0 Å². The number of benzene rings is 3. The van der Waals surface area contributed by atoms with Gasteiger partial charge in [0.05, 0.1) is 16.6 Å². The maximum absolute atomic E-state index is 11.3. The van der Waals surface area contributed by atoms with Crippen LogP contribution in [0.4, 0.5) is 0 Å². The van der Waals surface area contributed by atoms with Gasteiger partial charge in [-0.3, -0.25) is 15.0 Å². The monoisotopic (exact) mass is 589 g/mol. The normalized spacial score (nSPS) is 10.1. The Bertz CT molecular complexity index is 1470. The quantitative estimate of drug-likeness (QED) is 0.259. The zero-order chi connectivity index (χ0) is 25.7. The van der Waals surface area contributed by atoms with Crippen molar-refractivity contribution in [2.24, 2.45) is 0 Å². The van der Waals surface area contributed by atoms with Crippen LogP contribution in [0.1, 0.15) is 17.1 Å². The van der Waals surface area contributed by atoms with Gasteiger partial charge in [-0.25, -0.2) is 0 Å². The van der Waals surface area contributed by atoms with Gasteiger partial charge in [0.15, 0.2) is 0 Å². The minimum atomic E-state index is -0.00352. The fourth-order valence-electron chi connectivity index (χ4n) is 3.65. The van der Waals surface area contributed by atoms with Gasteiger partial charge in [-0.2, -0.15) is 0 Å². The van der Waals surface area contributed by atoms with E-state index in [0.29, 0.717) is 16.6 Å². The second kappa shape index (κ2) is 12.4. The summed E-state index contributed by atoms with van der Waals surface area (Å²) in [5.41, 5.74) is 4.34. The maximum Gasteiger partial charge on any atom is 3.00 e. The topological polar surface area (TPSA) is 108 Å². The average Bonchev–Trinajstić information content (AvgIpc) is 2.87. The summed E-state index contributed by atoms with van der Waals surface area (Å²) in [5, 5.41) is 36.5. The molecular weight excluding hydrogens is 565 g/mol. The van der Waals surface area contributed by atoms with Crippen LogP contribution in [0.3, 0.4) is 0 Å². The molecule has 0 spiro atoms. The largest absolute Gasteiger partial charge is 3.00 e. The van der Waals surface area contributed by atoms with E-state index in [1.54, 1.807) is 18.2 Å². The molecule has 3 aromatic heterocycles. The van der Waals surface area contributed by atoms with Crippen LogP contribution in [-0.2, 0) is 0 Å². The van der Waals surface area contributed by atoms with Crippen LogP contribution in [0, 0.1) is 20.8 Å². The predicted molar refractivity (Wildman–Crippen MR) is 144 cm³/mol. The van der Waals surface area contributed by atoms with Crippen molar-refractivity contribution < 1.29 is 15.3 Å². The molecule has 37 heavy (non-hydrogen) atoms. The molecule has 6 aromatic rings. The van der Waals surface area contributed by atoms with Crippen LogP contribution in [0.5, 0.6) is 17.2 Å². The molecule has 0 aliphatic carbocycles. The smallest absolute Gasteiger partial charge is 0.871 e. The summed E-state index contributed by atoms with van der Waals surface area (Å²) in [6, 6.07) is 27.0. The molecule has 0 N–H and O–H groups in total. The van der Waals surface area contributed by atoms with Crippen LogP contribution in [0.15, 0.2) is 91.0 Å². The van der Waals surface area contributed by atoms with E-state index in [0.717, 1.165) is 33.2 Å². The average molecular weight is 589 g/mol. The summed E-state index contributed by atoms with van der Waals surface area (Å²) in [5.74, 6) is -0.0106. The van der Waals surface area contributed by atoms with Crippen molar-refractivity contribution in [3.8, 4) is 17.2 Å². The molecule has 7 heteroatoms. The maximum atomic E-state index is 11.3. The van der Waals surface area contributed by atoms with Crippen molar-refractivity contribution in [3.63, 3.8) is 0 Å². The predicted octanol–water partition coefficient (Wildman–Crippen LogP) is 4.47. The Balaban J connectivity index is 0.000000152. The van der Waals surface area contributed by atoms with Gasteiger partial charge in [0.1, 0.15) is 0 Å². The molecule has 3 aromatic carbocycles. The van der Waals surface area contributed by atoms with Crippen LogP contribution in [0.25, 0.3) is 32.7 Å². The SMILES string of the molecule is Cc1ccc2cccc([O-])c2n1.Cc1ccc2cccc([O-])c2n1.Cc1ccc2cccc([O-])c2n1.[In+3]. The number of para-hydroxylation sites is 3. The second-order valence-electron chi connectivity index (χ2n) is 8.34. The van der Waals surface area contributed by atoms with Crippen molar-refractivity contribution in [2.45, 2.75) is 20.8 Å². The van der Waals surface area contributed by atoms with Crippen molar-refractivity contribution in [1.29, 1.82) is 0 Å². The number of fused-ring (bicyclic) bond motifs is 3. The van der Waals surface area contributed by atoms with E-state index in [-0.39, 0.29) is 43.1 Å². The molecule has 0 amide bonds. The van der Waals surface area contributed by atoms with E-state index in [1.165, 1.54) is 18.2 Å². The molecule has 0 saturated carbocycles. The molecular formula is C30H24InN3O3. The third-order valence-electron chi connectivity index (χ3n) is 5.47. The molecule has 6 rings (SSSR count). The first-order chi connectivity index (χ1) is 17.3. The summed E-state index contributed by atoms with van der Waals surface area (Å²) in [6.07, 6.45) is 0. The van der Waals surface area contributed by atoms with E-state index in [4.69, 9.17) is 0 Å². The van der Waals surface area contributed by atoms with E-state index in [9.17, 15) is 15.3 Å². The first-order valence-electron chi connectivity index (χ1n) is 11.4. The van der Waals surface area contributed by atoms with Crippen LogP contribution < -0.4 is 15.3 Å². The zero-order valence-electron chi connectivity index (χ0n) is 20.8. The summed E-state index contributed by atoms with van der Waals surface area (Å²) in [6.45, 7) is 5.64. The van der Waals surface area contributed by atoms with Crippen LogP contribution in [0.2, 0.25) is 0 Å². The van der Waals surface area contributed by atoms with Crippen LogP contribution in [-0.4, -0.2) is 40.8 Å². The van der Waals surface area contributed by atoms with Crippen molar-refractivity contribution >= 4 is 58.6 Å². The molecule has 180 valence electrons. The van der Waals surface area contributed by atoms with Gasteiger partial charge >= 0.3 is 25.8 Å². The van der Waals surface area contributed by atoms with Gasteiger partial charge in [-0.1, -0.05) is 90.0 Å².